The summed E-state index contributed by atoms with van der Waals surface area (Å²) in [5.74, 6) is 0. The Morgan fingerprint density at radius 2 is 1.70 bits per heavy atom. The van der Waals surface area contributed by atoms with Gasteiger partial charge in [-0.1, -0.05) is 53.5 Å². The highest BCUT2D eigenvalue weighted by Crippen LogP contribution is 2.29. The number of imidazole rings is 1. The van der Waals surface area contributed by atoms with Gasteiger partial charge in [0.05, 0.1) is 26.8 Å². The number of hydrogen-bond acceptors (Lipinski definition) is 1. The number of nitrogens with one attached hydrogen (secondary N) is 1. The molecule has 4 rings (SSSR count). The van der Waals surface area contributed by atoms with Crippen LogP contribution in [0.5, 0.6) is 0 Å². The number of halogens is 2. The number of hydrogen-bond donors (Lipinski definition) is 1. The molecule has 2 heterocycles. The van der Waals surface area contributed by atoms with Gasteiger partial charge in [0.25, 0.3) is 0 Å². The van der Waals surface area contributed by atoms with E-state index >= 15 is 0 Å². The maximum absolute atomic E-state index is 6.08. The molecule has 0 amide bonds. The SMILES string of the molecule is Clc1cc2nc3cc(-c4ccccc4)[nH]n3c2cc1Cl. The van der Waals surface area contributed by atoms with E-state index in [1.807, 2.05) is 34.8 Å². The fourth-order valence-electron chi connectivity index (χ4n) is 2.35. The average Bonchev–Trinajstić information content (AvgIpc) is 2.99. The van der Waals surface area contributed by atoms with E-state index in [0.29, 0.717) is 10.0 Å². The topological polar surface area (TPSA) is 33.1 Å². The lowest BCUT2D eigenvalue weighted by molar-refractivity contribution is 1.01. The van der Waals surface area contributed by atoms with Crippen LogP contribution in [0.2, 0.25) is 10.0 Å². The van der Waals surface area contributed by atoms with Crippen molar-refractivity contribution in [1.29, 1.82) is 0 Å². The molecule has 0 atom stereocenters. The van der Waals surface area contributed by atoms with Gasteiger partial charge in [-0.2, -0.15) is 0 Å². The standard InChI is InChI=1S/C15H9Cl2N3/c16-10-6-13-14(7-11(10)17)20-15(18-13)8-12(19-20)9-4-2-1-3-5-9/h1-8,19H. The van der Waals surface area contributed by atoms with E-state index in [2.05, 4.69) is 22.2 Å². The maximum atomic E-state index is 6.08. The van der Waals surface area contributed by atoms with Crippen molar-refractivity contribution < 1.29 is 0 Å². The van der Waals surface area contributed by atoms with Crippen molar-refractivity contribution in [3.63, 3.8) is 0 Å². The quantitative estimate of drug-likeness (QED) is 0.539. The summed E-state index contributed by atoms with van der Waals surface area (Å²) < 4.78 is 1.92. The van der Waals surface area contributed by atoms with E-state index in [1.54, 1.807) is 6.07 Å². The zero-order chi connectivity index (χ0) is 13.7. The number of rotatable bonds is 1. The van der Waals surface area contributed by atoms with Gasteiger partial charge in [-0.3, -0.25) is 5.10 Å². The lowest BCUT2D eigenvalue weighted by Gasteiger charge is -1.98. The van der Waals surface area contributed by atoms with Crippen LogP contribution in [-0.2, 0) is 0 Å². The van der Waals surface area contributed by atoms with Crippen molar-refractivity contribution in [2.24, 2.45) is 0 Å². The summed E-state index contributed by atoms with van der Waals surface area (Å²) in [6, 6.07) is 15.7. The first-order valence-corrected chi connectivity index (χ1v) is 6.89. The predicted molar refractivity (Wildman–Crippen MR) is 82.5 cm³/mol. The molecule has 0 saturated heterocycles. The Labute approximate surface area is 124 Å². The first kappa shape index (κ1) is 11.8. The van der Waals surface area contributed by atoms with E-state index < -0.39 is 0 Å². The summed E-state index contributed by atoms with van der Waals surface area (Å²) in [5, 5.41) is 4.38. The molecule has 5 heteroatoms. The predicted octanol–water partition coefficient (Wildman–Crippen LogP) is 4.79. The number of fused-ring (bicyclic) bond motifs is 3. The second kappa shape index (κ2) is 4.27. The molecular weight excluding hydrogens is 293 g/mol. The third kappa shape index (κ3) is 1.71. The van der Waals surface area contributed by atoms with Gasteiger partial charge in [0.1, 0.15) is 0 Å². The molecule has 0 unspecified atom stereocenters. The van der Waals surface area contributed by atoms with Gasteiger partial charge in [-0.15, -0.1) is 0 Å². The molecule has 0 radical (unpaired) electrons. The minimum absolute atomic E-state index is 0.517. The van der Waals surface area contributed by atoms with Crippen LogP contribution in [0.25, 0.3) is 27.9 Å². The van der Waals surface area contributed by atoms with E-state index in [0.717, 1.165) is 27.9 Å². The number of aromatic nitrogens is 3. The Morgan fingerprint density at radius 1 is 0.950 bits per heavy atom. The van der Waals surface area contributed by atoms with Crippen LogP contribution in [0, 0.1) is 0 Å². The molecule has 2 aromatic carbocycles. The van der Waals surface area contributed by atoms with E-state index in [1.165, 1.54) is 0 Å². The summed E-state index contributed by atoms with van der Waals surface area (Å²) in [4.78, 5) is 4.55. The van der Waals surface area contributed by atoms with Crippen molar-refractivity contribution in [1.82, 2.24) is 14.6 Å². The van der Waals surface area contributed by atoms with Gasteiger partial charge in [0.2, 0.25) is 0 Å². The fraction of sp³-hybridized carbons (Fsp3) is 0. The first-order valence-electron chi connectivity index (χ1n) is 6.14. The first-order chi connectivity index (χ1) is 9.72. The van der Waals surface area contributed by atoms with Crippen molar-refractivity contribution in [2.75, 3.05) is 0 Å². The van der Waals surface area contributed by atoms with Gasteiger partial charge in [-0.25, -0.2) is 9.50 Å². The summed E-state index contributed by atoms with van der Waals surface area (Å²) in [5.41, 5.74) is 4.71. The molecule has 1 N–H and O–H groups in total. The number of benzene rings is 2. The highest BCUT2D eigenvalue weighted by Gasteiger charge is 2.11. The molecule has 0 aliphatic rings. The summed E-state index contributed by atoms with van der Waals surface area (Å²) in [7, 11) is 0. The minimum Gasteiger partial charge on any atom is -0.292 e. The highest BCUT2D eigenvalue weighted by atomic mass is 35.5. The molecule has 0 fully saturated rings. The largest absolute Gasteiger partial charge is 0.292 e. The average molecular weight is 302 g/mol. The van der Waals surface area contributed by atoms with Crippen LogP contribution in [0.3, 0.4) is 0 Å². The normalized spacial score (nSPS) is 11.5. The van der Waals surface area contributed by atoms with Crippen LogP contribution in [0.15, 0.2) is 48.5 Å². The van der Waals surface area contributed by atoms with Gasteiger partial charge in [-0.05, 0) is 17.7 Å². The molecule has 20 heavy (non-hydrogen) atoms. The molecule has 3 nitrogen and oxygen atoms in total. The van der Waals surface area contributed by atoms with Crippen LogP contribution in [0.4, 0.5) is 0 Å². The van der Waals surface area contributed by atoms with Crippen molar-refractivity contribution in [2.45, 2.75) is 0 Å². The third-order valence-corrected chi connectivity index (χ3v) is 4.04. The Hall–Kier alpha value is -1.97. The van der Waals surface area contributed by atoms with E-state index in [9.17, 15) is 0 Å². The fourth-order valence-corrected chi connectivity index (χ4v) is 2.67. The molecule has 0 spiro atoms. The Bertz CT molecular complexity index is 923. The minimum atomic E-state index is 0.517. The zero-order valence-corrected chi connectivity index (χ0v) is 11.8. The molecule has 0 saturated carbocycles. The Morgan fingerprint density at radius 3 is 2.50 bits per heavy atom. The van der Waals surface area contributed by atoms with Gasteiger partial charge in [0, 0.05) is 6.07 Å². The number of H-pyrrole nitrogens is 1. The molecule has 0 bridgehead atoms. The molecular formula is C15H9Cl2N3. The molecule has 0 aliphatic heterocycles. The summed E-state index contributed by atoms with van der Waals surface area (Å²) >= 11 is 12.1. The van der Waals surface area contributed by atoms with Crippen molar-refractivity contribution >= 4 is 39.9 Å². The van der Waals surface area contributed by atoms with Crippen LogP contribution in [0.1, 0.15) is 0 Å². The van der Waals surface area contributed by atoms with E-state index in [4.69, 9.17) is 23.2 Å². The van der Waals surface area contributed by atoms with Crippen molar-refractivity contribution in [3.8, 4) is 11.3 Å². The highest BCUT2D eigenvalue weighted by molar-refractivity contribution is 6.42. The molecule has 2 aromatic heterocycles. The zero-order valence-electron chi connectivity index (χ0n) is 10.3. The lowest BCUT2D eigenvalue weighted by atomic mass is 10.2. The number of nitrogens with zero attached hydrogens (tertiary/aromatic N) is 2. The third-order valence-electron chi connectivity index (χ3n) is 3.31. The summed E-state index contributed by atoms with van der Waals surface area (Å²) in [6.07, 6.45) is 0. The lowest BCUT2D eigenvalue weighted by Crippen LogP contribution is -1.85. The molecule has 98 valence electrons. The van der Waals surface area contributed by atoms with Crippen LogP contribution < -0.4 is 0 Å². The molecule has 0 aliphatic carbocycles. The van der Waals surface area contributed by atoms with Crippen molar-refractivity contribution in [3.05, 3.63) is 58.6 Å². The van der Waals surface area contributed by atoms with Gasteiger partial charge in [0.15, 0.2) is 5.65 Å². The Balaban J connectivity index is 1.99. The number of aromatic amines is 1. The second-order valence-corrected chi connectivity index (χ2v) is 5.41. The smallest absolute Gasteiger partial charge is 0.154 e. The van der Waals surface area contributed by atoms with E-state index in [-0.39, 0.29) is 0 Å². The second-order valence-electron chi connectivity index (χ2n) is 4.60. The summed E-state index contributed by atoms with van der Waals surface area (Å²) in [6.45, 7) is 0. The van der Waals surface area contributed by atoms with Gasteiger partial charge >= 0.3 is 0 Å². The molecule has 4 aromatic rings. The van der Waals surface area contributed by atoms with Crippen LogP contribution >= 0.6 is 23.2 Å². The Kier molecular flexibility index (Phi) is 2.52. The van der Waals surface area contributed by atoms with Crippen LogP contribution in [-0.4, -0.2) is 14.6 Å². The maximum Gasteiger partial charge on any atom is 0.154 e. The monoisotopic (exact) mass is 301 g/mol. The van der Waals surface area contributed by atoms with Gasteiger partial charge < -0.3 is 0 Å².